The Morgan fingerprint density at radius 2 is 2.19 bits per heavy atom. The Hall–Kier alpha value is -1.40. The van der Waals surface area contributed by atoms with Gasteiger partial charge in [-0.15, -0.1) is 12.4 Å². The molecule has 1 aliphatic heterocycles. The molecule has 0 aromatic heterocycles. The molecule has 1 aliphatic rings. The number of nitrogens with one attached hydrogen (secondary N) is 1. The maximum absolute atomic E-state index is 12.3. The van der Waals surface area contributed by atoms with Crippen LogP contribution in [0, 0.1) is 0 Å². The minimum absolute atomic E-state index is 0. The zero-order chi connectivity index (χ0) is 14.5. The lowest BCUT2D eigenvalue weighted by Gasteiger charge is -2.32. The fourth-order valence-electron chi connectivity index (χ4n) is 2.29. The van der Waals surface area contributed by atoms with E-state index in [4.69, 9.17) is 0 Å². The predicted octanol–water partition coefficient (Wildman–Crippen LogP) is 2.07. The summed E-state index contributed by atoms with van der Waals surface area (Å²) in [5.41, 5.74) is 0.490. The first-order chi connectivity index (χ1) is 9.56. The summed E-state index contributed by atoms with van der Waals surface area (Å²) in [4.78, 5) is 14.0. The highest BCUT2D eigenvalue weighted by molar-refractivity contribution is 5.85. The number of rotatable bonds is 4. The number of carbonyl (C=O) groups is 1. The van der Waals surface area contributed by atoms with Crippen LogP contribution in [0.15, 0.2) is 24.3 Å². The molecular weight excluding hydrogens is 302 g/mol. The summed E-state index contributed by atoms with van der Waals surface area (Å²) in [6, 6.07) is 6.66. The molecule has 1 unspecified atom stereocenters. The molecule has 0 bridgehead atoms. The summed E-state index contributed by atoms with van der Waals surface area (Å²) < 4.78 is 29.1. The van der Waals surface area contributed by atoms with Crippen LogP contribution in [-0.2, 0) is 11.2 Å². The number of hydrogen-bond donors (Lipinski definition) is 1. The van der Waals surface area contributed by atoms with E-state index < -0.39 is 6.61 Å². The molecule has 21 heavy (non-hydrogen) atoms. The number of nitrogens with zero attached hydrogens (tertiary/aromatic N) is 1. The van der Waals surface area contributed by atoms with Gasteiger partial charge in [-0.25, -0.2) is 0 Å². The van der Waals surface area contributed by atoms with E-state index in [-0.39, 0.29) is 36.5 Å². The molecule has 1 aromatic rings. The van der Waals surface area contributed by atoms with Crippen LogP contribution < -0.4 is 10.1 Å². The molecule has 0 aliphatic carbocycles. The van der Waals surface area contributed by atoms with Crippen molar-refractivity contribution < 1.29 is 18.3 Å². The molecule has 1 amide bonds. The number of alkyl halides is 2. The fraction of sp³-hybridized carbons (Fsp3) is 0.500. The summed E-state index contributed by atoms with van der Waals surface area (Å²) in [6.07, 6.45) is 0.0790. The molecule has 1 fully saturated rings. The molecule has 118 valence electrons. The van der Waals surface area contributed by atoms with Crippen molar-refractivity contribution in [1.82, 2.24) is 10.2 Å². The molecule has 1 aromatic carbocycles. The van der Waals surface area contributed by atoms with Crippen molar-refractivity contribution in [3.8, 4) is 5.75 Å². The Labute approximate surface area is 128 Å². The van der Waals surface area contributed by atoms with Gasteiger partial charge in [0.05, 0.1) is 6.42 Å². The number of para-hydroxylation sites is 1. The third-order valence-corrected chi connectivity index (χ3v) is 3.25. The summed E-state index contributed by atoms with van der Waals surface area (Å²) in [7, 11) is 0. The van der Waals surface area contributed by atoms with E-state index in [2.05, 4.69) is 10.1 Å². The van der Waals surface area contributed by atoms with Crippen molar-refractivity contribution in [3.05, 3.63) is 29.8 Å². The Balaban J connectivity index is 0.00000220. The second-order valence-electron chi connectivity index (χ2n) is 4.86. The SMILES string of the molecule is CC1CN(C(=O)Cc2ccccc2OC(F)F)CCN1.Cl. The molecule has 0 spiro atoms. The number of ether oxygens (including phenoxy) is 1. The highest BCUT2D eigenvalue weighted by Crippen LogP contribution is 2.21. The van der Waals surface area contributed by atoms with Crippen LogP contribution in [0.5, 0.6) is 5.75 Å². The van der Waals surface area contributed by atoms with E-state index in [1.807, 2.05) is 6.92 Å². The average molecular weight is 321 g/mol. The molecule has 1 saturated heterocycles. The van der Waals surface area contributed by atoms with Crippen molar-refractivity contribution in [1.29, 1.82) is 0 Å². The topological polar surface area (TPSA) is 41.6 Å². The molecule has 1 atom stereocenters. The normalized spacial score (nSPS) is 18.3. The lowest BCUT2D eigenvalue weighted by Crippen LogP contribution is -2.51. The molecule has 2 rings (SSSR count). The number of amides is 1. The third-order valence-electron chi connectivity index (χ3n) is 3.25. The van der Waals surface area contributed by atoms with Crippen LogP contribution >= 0.6 is 12.4 Å². The van der Waals surface area contributed by atoms with Gasteiger partial charge in [-0.2, -0.15) is 8.78 Å². The number of hydrogen-bond acceptors (Lipinski definition) is 3. The quantitative estimate of drug-likeness (QED) is 0.923. The lowest BCUT2D eigenvalue weighted by molar-refractivity contribution is -0.131. The summed E-state index contributed by atoms with van der Waals surface area (Å²) in [5, 5.41) is 3.25. The van der Waals surface area contributed by atoms with Gasteiger partial charge < -0.3 is 15.0 Å². The minimum Gasteiger partial charge on any atom is -0.435 e. The zero-order valence-corrected chi connectivity index (χ0v) is 12.5. The van der Waals surface area contributed by atoms with E-state index in [1.165, 1.54) is 6.07 Å². The zero-order valence-electron chi connectivity index (χ0n) is 11.7. The van der Waals surface area contributed by atoms with Crippen molar-refractivity contribution in [3.63, 3.8) is 0 Å². The third kappa shape index (κ3) is 5.13. The molecule has 0 saturated carbocycles. The summed E-state index contributed by atoms with van der Waals surface area (Å²) in [6.45, 7) is 1.15. The van der Waals surface area contributed by atoms with Gasteiger partial charge in [0, 0.05) is 31.2 Å². The van der Waals surface area contributed by atoms with Crippen molar-refractivity contribution in [2.24, 2.45) is 0 Å². The van der Waals surface area contributed by atoms with E-state index in [0.717, 1.165) is 6.54 Å². The Bertz CT molecular complexity index is 474. The van der Waals surface area contributed by atoms with Crippen molar-refractivity contribution in [2.75, 3.05) is 19.6 Å². The van der Waals surface area contributed by atoms with Crippen LogP contribution in [0.1, 0.15) is 12.5 Å². The molecular formula is C14H19ClF2N2O2. The Morgan fingerprint density at radius 1 is 1.48 bits per heavy atom. The van der Waals surface area contributed by atoms with Crippen LogP contribution in [0.4, 0.5) is 8.78 Å². The first-order valence-corrected chi connectivity index (χ1v) is 6.60. The smallest absolute Gasteiger partial charge is 0.387 e. The van der Waals surface area contributed by atoms with Crippen LogP contribution in [0.2, 0.25) is 0 Å². The maximum Gasteiger partial charge on any atom is 0.387 e. The van der Waals surface area contributed by atoms with Gasteiger partial charge in [0.2, 0.25) is 5.91 Å². The number of piperazine rings is 1. The first kappa shape index (κ1) is 17.7. The van der Waals surface area contributed by atoms with E-state index in [9.17, 15) is 13.6 Å². The van der Waals surface area contributed by atoms with Crippen LogP contribution in [0.25, 0.3) is 0 Å². The standard InChI is InChI=1S/C14H18F2N2O2.ClH/c1-10-9-18(7-6-17-10)13(19)8-11-4-2-3-5-12(11)20-14(15)16;/h2-5,10,14,17H,6-9H2,1H3;1H. The highest BCUT2D eigenvalue weighted by atomic mass is 35.5. The summed E-state index contributed by atoms with van der Waals surface area (Å²) >= 11 is 0. The lowest BCUT2D eigenvalue weighted by atomic mass is 10.1. The van der Waals surface area contributed by atoms with Crippen molar-refractivity contribution >= 4 is 18.3 Å². The first-order valence-electron chi connectivity index (χ1n) is 6.60. The highest BCUT2D eigenvalue weighted by Gasteiger charge is 2.21. The molecule has 1 N–H and O–H groups in total. The van der Waals surface area contributed by atoms with E-state index >= 15 is 0 Å². The molecule has 7 heteroatoms. The van der Waals surface area contributed by atoms with Gasteiger partial charge in [0.25, 0.3) is 0 Å². The van der Waals surface area contributed by atoms with Crippen LogP contribution in [0.3, 0.4) is 0 Å². The van der Waals surface area contributed by atoms with Gasteiger partial charge in [-0.1, -0.05) is 18.2 Å². The van der Waals surface area contributed by atoms with Gasteiger partial charge in [0.15, 0.2) is 0 Å². The second-order valence-corrected chi connectivity index (χ2v) is 4.86. The predicted molar refractivity (Wildman–Crippen MR) is 78.1 cm³/mol. The molecule has 1 heterocycles. The van der Waals surface area contributed by atoms with E-state index in [1.54, 1.807) is 23.1 Å². The van der Waals surface area contributed by atoms with Gasteiger partial charge in [0.1, 0.15) is 5.75 Å². The van der Waals surface area contributed by atoms with Crippen molar-refractivity contribution in [2.45, 2.75) is 26.0 Å². The Morgan fingerprint density at radius 3 is 2.86 bits per heavy atom. The largest absolute Gasteiger partial charge is 0.435 e. The average Bonchev–Trinajstić information content (AvgIpc) is 2.40. The van der Waals surface area contributed by atoms with Gasteiger partial charge in [-0.05, 0) is 13.0 Å². The maximum atomic E-state index is 12.3. The van der Waals surface area contributed by atoms with Crippen LogP contribution in [-0.4, -0.2) is 43.1 Å². The second kappa shape index (κ2) is 8.14. The Kier molecular flexibility index (Phi) is 6.84. The molecule has 4 nitrogen and oxygen atoms in total. The fourth-order valence-corrected chi connectivity index (χ4v) is 2.29. The summed E-state index contributed by atoms with van der Waals surface area (Å²) in [5.74, 6) is 0.00250. The van der Waals surface area contributed by atoms with Gasteiger partial charge in [-0.3, -0.25) is 4.79 Å². The number of carbonyl (C=O) groups excluding carboxylic acids is 1. The molecule has 0 radical (unpaired) electrons. The monoisotopic (exact) mass is 320 g/mol. The van der Waals surface area contributed by atoms with Gasteiger partial charge >= 0.3 is 6.61 Å². The number of halogens is 3. The number of benzene rings is 1. The minimum atomic E-state index is -2.88. The van der Waals surface area contributed by atoms with E-state index in [0.29, 0.717) is 18.7 Å².